The van der Waals surface area contributed by atoms with Gasteiger partial charge in [0, 0.05) is 6.20 Å². The molecule has 6 heteroatoms. The predicted octanol–water partition coefficient (Wildman–Crippen LogP) is 1.96. The van der Waals surface area contributed by atoms with Crippen LogP contribution in [0.25, 0.3) is 0 Å². The highest BCUT2D eigenvalue weighted by atomic mass is 35.5. The molecule has 0 saturated carbocycles. The molecule has 1 heterocycles. The lowest BCUT2D eigenvalue weighted by atomic mass is 10.1. The Morgan fingerprint density at radius 2 is 2.17 bits per heavy atom. The van der Waals surface area contributed by atoms with Crippen LogP contribution in [-0.4, -0.2) is 9.55 Å². The van der Waals surface area contributed by atoms with Gasteiger partial charge in [-0.1, -0.05) is 18.2 Å². The molecule has 0 unspecified atom stereocenters. The van der Waals surface area contributed by atoms with Crippen molar-refractivity contribution < 1.29 is 4.39 Å². The summed E-state index contributed by atoms with van der Waals surface area (Å²) >= 11 is 5.75. The van der Waals surface area contributed by atoms with Crippen LogP contribution in [0.3, 0.4) is 0 Å². The average Bonchev–Trinajstić information content (AvgIpc) is 2.36. The summed E-state index contributed by atoms with van der Waals surface area (Å²) in [5.74, 6) is -0.978. The molecule has 0 atom stereocenters. The van der Waals surface area contributed by atoms with Gasteiger partial charge in [-0.3, -0.25) is 4.79 Å². The normalized spacial score (nSPS) is 10.1. The van der Waals surface area contributed by atoms with E-state index in [1.165, 1.54) is 4.57 Å². The third kappa shape index (κ3) is 2.39. The van der Waals surface area contributed by atoms with Gasteiger partial charge in [0.25, 0.3) is 0 Å². The first-order chi connectivity index (χ1) is 8.61. The van der Waals surface area contributed by atoms with E-state index in [4.69, 9.17) is 16.9 Å². The van der Waals surface area contributed by atoms with E-state index in [1.807, 2.05) is 6.07 Å². The second kappa shape index (κ2) is 4.98. The molecular weight excluding hydrogens is 257 g/mol. The third-order valence-electron chi connectivity index (χ3n) is 2.38. The fourth-order valence-corrected chi connectivity index (χ4v) is 1.69. The summed E-state index contributed by atoms with van der Waals surface area (Å²) in [6.07, 6.45) is 0.978. The van der Waals surface area contributed by atoms with Gasteiger partial charge >= 0.3 is 5.56 Å². The Morgan fingerprint density at radius 1 is 1.44 bits per heavy atom. The Kier molecular flexibility index (Phi) is 3.40. The minimum absolute atomic E-state index is 0.117. The van der Waals surface area contributed by atoms with E-state index in [2.05, 4.69) is 4.98 Å². The molecule has 0 aliphatic rings. The number of aromatic nitrogens is 2. The Balaban J connectivity index is 2.44. The van der Waals surface area contributed by atoms with Crippen molar-refractivity contribution >= 4 is 11.6 Å². The number of nitrogens with zero attached hydrogens (tertiary/aromatic N) is 3. The van der Waals surface area contributed by atoms with E-state index < -0.39 is 11.4 Å². The molecule has 90 valence electrons. The van der Waals surface area contributed by atoms with E-state index in [-0.39, 0.29) is 11.8 Å². The van der Waals surface area contributed by atoms with Crippen molar-refractivity contribution in [3.8, 4) is 6.07 Å². The molecule has 1 aromatic heterocycles. The molecule has 18 heavy (non-hydrogen) atoms. The van der Waals surface area contributed by atoms with E-state index in [1.54, 1.807) is 24.3 Å². The van der Waals surface area contributed by atoms with Gasteiger partial charge in [0.15, 0.2) is 0 Å². The number of benzene rings is 1. The summed E-state index contributed by atoms with van der Waals surface area (Å²) in [7, 11) is 0. The van der Waals surface area contributed by atoms with E-state index in [0.29, 0.717) is 11.1 Å². The number of nitriles is 1. The number of hydrogen-bond acceptors (Lipinski definition) is 3. The van der Waals surface area contributed by atoms with Gasteiger partial charge < -0.3 is 4.57 Å². The SMILES string of the molecule is N#Cc1ccccc1Cn1cc(F)c(=O)nc1Cl. The molecule has 0 radical (unpaired) electrons. The highest BCUT2D eigenvalue weighted by molar-refractivity contribution is 6.28. The summed E-state index contributed by atoms with van der Waals surface area (Å²) < 4.78 is 14.4. The van der Waals surface area contributed by atoms with Gasteiger partial charge in [0.2, 0.25) is 11.1 Å². The van der Waals surface area contributed by atoms with Crippen molar-refractivity contribution in [2.45, 2.75) is 6.54 Å². The van der Waals surface area contributed by atoms with Crippen LogP contribution < -0.4 is 5.56 Å². The monoisotopic (exact) mass is 263 g/mol. The number of halogens is 2. The summed E-state index contributed by atoms with van der Waals surface area (Å²) in [5.41, 5.74) is 0.143. The van der Waals surface area contributed by atoms with Crippen LogP contribution in [-0.2, 0) is 6.54 Å². The van der Waals surface area contributed by atoms with Crippen molar-refractivity contribution in [2.24, 2.45) is 0 Å². The summed E-state index contributed by atoms with van der Waals surface area (Å²) in [6, 6.07) is 8.89. The van der Waals surface area contributed by atoms with E-state index >= 15 is 0 Å². The molecule has 0 saturated heterocycles. The molecule has 1 aromatic carbocycles. The maximum atomic E-state index is 13.1. The average molecular weight is 264 g/mol. The summed E-state index contributed by atoms with van der Waals surface area (Å²) in [4.78, 5) is 14.3. The van der Waals surface area contributed by atoms with Crippen LogP contribution in [0.4, 0.5) is 4.39 Å². The third-order valence-corrected chi connectivity index (χ3v) is 2.68. The Morgan fingerprint density at radius 3 is 2.89 bits per heavy atom. The summed E-state index contributed by atoms with van der Waals surface area (Å²) in [6.45, 7) is 0.173. The number of rotatable bonds is 2. The first kappa shape index (κ1) is 12.3. The van der Waals surface area contributed by atoms with Crippen LogP contribution in [0.2, 0.25) is 5.28 Å². The fraction of sp³-hybridized carbons (Fsp3) is 0.0833. The van der Waals surface area contributed by atoms with Crippen LogP contribution in [0.15, 0.2) is 35.3 Å². The largest absolute Gasteiger partial charge is 0.316 e. The lowest BCUT2D eigenvalue weighted by Crippen LogP contribution is -2.17. The highest BCUT2D eigenvalue weighted by Gasteiger charge is 2.08. The van der Waals surface area contributed by atoms with Crippen LogP contribution in [0, 0.1) is 17.1 Å². The highest BCUT2D eigenvalue weighted by Crippen LogP contribution is 2.12. The molecule has 0 spiro atoms. The maximum absolute atomic E-state index is 13.1. The van der Waals surface area contributed by atoms with Crippen LogP contribution in [0.1, 0.15) is 11.1 Å². The van der Waals surface area contributed by atoms with Crippen molar-refractivity contribution in [2.75, 3.05) is 0 Å². The number of hydrogen-bond donors (Lipinski definition) is 0. The molecule has 4 nitrogen and oxygen atoms in total. The van der Waals surface area contributed by atoms with Gasteiger partial charge in [0.1, 0.15) is 0 Å². The Hall–Kier alpha value is -2.19. The van der Waals surface area contributed by atoms with Gasteiger partial charge in [-0.2, -0.15) is 14.6 Å². The van der Waals surface area contributed by atoms with Crippen molar-refractivity contribution in [1.82, 2.24) is 9.55 Å². The Labute approximate surface area is 107 Å². The van der Waals surface area contributed by atoms with Crippen LogP contribution >= 0.6 is 11.6 Å². The quantitative estimate of drug-likeness (QED) is 0.778. The predicted molar refractivity (Wildman–Crippen MR) is 63.7 cm³/mol. The Bertz CT molecular complexity index is 690. The molecule has 2 aromatic rings. The fourth-order valence-electron chi connectivity index (χ4n) is 1.51. The van der Waals surface area contributed by atoms with Crippen molar-refractivity contribution in [3.05, 3.63) is 63.0 Å². The molecule has 0 aliphatic carbocycles. The van der Waals surface area contributed by atoms with E-state index in [0.717, 1.165) is 6.20 Å². The van der Waals surface area contributed by atoms with Gasteiger partial charge in [-0.15, -0.1) is 0 Å². The molecule has 0 aliphatic heterocycles. The minimum Gasteiger partial charge on any atom is -0.316 e. The molecule has 2 rings (SSSR count). The summed E-state index contributed by atoms with van der Waals surface area (Å²) in [5, 5.41) is 8.82. The second-order valence-corrected chi connectivity index (χ2v) is 3.90. The maximum Gasteiger partial charge on any atom is 0.309 e. The van der Waals surface area contributed by atoms with Crippen molar-refractivity contribution in [1.29, 1.82) is 5.26 Å². The van der Waals surface area contributed by atoms with Gasteiger partial charge in [-0.25, -0.2) is 0 Å². The molecular formula is C12H7ClFN3O. The first-order valence-electron chi connectivity index (χ1n) is 5.02. The topological polar surface area (TPSA) is 58.7 Å². The van der Waals surface area contributed by atoms with Gasteiger partial charge in [-0.05, 0) is 23.2 Å². The van der Waals surface area contributed by atoms with Crippen molar-refractivity contribution in [3.63, 3.8) is 0 Å². The molecule has 0 fully saturated rings. The lowest BCUT2D eigenvalue weighted by molar-refractivity contribution is 0.576. The van der Waals surface area contributed by atoms with E-state index in [9.17, 15) is 9.18 Å². The second-order valence-electron chi connectivity index (χ2n) is 3.56. The molecule has 0 amide bonds. The molecule has 0 N–H and O–H groups in total. The van der Waals surface area contributed by atoms with Gasteiger partial charge in [0.05, 0.1) is 18.2 Å². The zero-order valence-corrected chi connectivity index (χ0v) is 9.86. The zero-order chi connectivity index (χ0) is 13.1. The molecule has 0 bridgehead atoms. The smallest absolute Gasteiger partial charge is 0.309 e. The first-order valence-corrected chi connectivity index (χ1v) is 5.40. The van der Waals surface area contributed by atoms with Crippen LogP contribution in [0.5, 0.6) is 0 Å². The lowest BCUT2D eigenvalue weighted by Gasteiger charge is -2.09. The zero-order valence-electron chi connectivity index (χ0n) is 9.10. The minimum atomic E-state index is -0.996. The standard InChI is InChI=1S/C12H7ClFN3O/c13-12-16-11(18)10(14)7-17(12)6-9-4-2-1-3-8(9)5-15/h1-4,7H,6H2.